The van der Waals surface area contributed by atoms with Gasteiger partial charge < -0.3 is 0 Å². The molecule has 0 saturated carbocycles. The maximum atomic E-state index is 8.16. The van der Waals surface area contributed by atoms with E-state index in [4.69, 9.17) is 66.8 Å². The molecule has 0 unspecified atom stereocenters. The van der Waals surface area contributed by atoms with Crippen LogP contribution < -0.4 is 0 Å². The molecule has 0 atom stereocenters. The van der Waals surface area contributed by atoms with Crippen LogP contribution in [0, 0.1) is 6.92 Å². The monoisotopic (exact) mass is 1980 g/mol. The molecule has 0 fully saturated rings. The Morgan fingerprint density at radius 3 is 1.10 bits per heavy atom. The highest BCUT2D eigenvalue weighted by Crippen LogP contribution is 2.42. The molecule has 18 heteroatoms. The lowest BCUT2D eigenvalue weighted by molar-refractivity contribution is 1.07. The minimum Gasteiger partial charge on any atom is -0.235 e. The van der Waals surface area contributed by atoms with Crippen molar-refractivity contribution in [3.63, 3.8) is 0 Å². The van der Waals surface area contributed by atoms with Gasteiger partial charge in [-0.1, -0.05) is 443 Å². The molecule has 18 aromatic carbocycles. The van der Waals surface area contributed by atoms with E-state index in [9.17, 15) is 0 Å². The fraction of sp³-hybridized carbons (Fsp3) is 0.00847. The summed E-state index contributed by atoms with van der Waals surface area (Å²) in [5.74, 6) is 3.16. The van der Waals surface area contributed by atoms with E-state index in [1.54, 1.807) is 42.5 Å². The number of para-hydroxylation sites is 2. The molecule has 11 nitrogen and oxygen atoms in total. The zero-order valence-electron chi connectivity index (χ0n) is 76.5. The van der Waals surface area contributed by atoms with Gasteiger partial charge in [0.15, 0.2) is 29.1 Å². The normalized spacial score (nSPS) is 11.3. The molecule has 0 aliphatic carbocycles. The molecule has 136 heavy (non-hydrogen) atoms. The lowest BCUT2D eigenvalue weighted by Crippen LogP contribution is -2.00. The fourth-order valence-electron chi connectivity index (χ4n) is 15.8. The molecule has 24 aromatic rings. The van der Waals surface area contributed by atoms with Gasteiger partial charge in [-0.15, -0.1) is 11.3 Å². The van der Waals surface area contributed by atoms with Crippen LogP contribution in [0.5, 0.6) is 0 Å². The van der Waals surface area contributed by atoms with Gasteiger partial charge in [0.1, 0.15) is 5.15 Å². The number of nitrogens with zero attached hydrogens (tertiary/aromatic N) is 11. The predicted molar refractivity (Wildman–Crippen MR) is 575 cm³/mol. The predicted octanol–water partition coefficient (Wildman–Crippen LogP) is 34.4. The second kappa shape index (κ2) is 42.4. The Morgan fingerprint density at radius 1 is 0.228 bits per heavy atom. The van der Waals surface area contributed by atoms with Crippen LogP contribution in [-0.4, -0.2) is 54.8 Å². The largest absolute Gasteiger partial charge is 0.235 e. The molecule has 0 aliphatic rings. The first-order chi connectivity index (χ1) is 68.4. The Hall–Kier alpha value is -15.1. The average Bonchev–Trinajstić information content (AvgIpc) is 1.61. The Bertz CT molecular complexity index is 8480. The molecule has 24 rings (SSSR count). The van der Waals surface area contributed by atoms with Crippen LogP contribution in [-0.2, 0) is 0 Å². The molecule has 0 saturated heterocycles. The summed E-state index contributed by atoms with van der Waals surface area (Å²) < 4.78 is 36.8. The minimum atomic E-state index is -0.126. The summed E-state index contributed by atoms with van der Waals surface area (Å²) in [4.78, 5) is 49.3. The molecule has 0 aliphatic heterocycles. The van der Waals surface area contributed by atoms with Gasteiger partial charge in [-0.05, 0) is 162 Å². The highest BCUT2D eigenvalue weighted by atomic mass is 79.9. The van der Waals surface area contributed by atoms with E-state index in [2.05, 4.69) is 278 Å². The SMILES string of the molecule is Brc1cccc(-c2ccc3ccccc3c2)c1.Brc1cccc(-c2nc(-c3ccccc3)nc(-c3ccccc3)n2)c1.Clc1cc2c(sc3ccccc32)c(-c2ccc(-c3ccccc3)cc2)n1.Clc1nc(-c2ccc(-c3ccccc3)cc2)c2ccccc2n1.Clc1nc(-c2cccc3ccccc23)nc(-c2cccc3ccccc23)n1.[2H]c1c([2H])c(-c2nc(Cl)nc3ccccc23)c([2H])c([2H])c1C. The molecule has 0 bridgehead atoms. The maximum Gasteiger partial charge on any atom is 0.226 e. The van der Waals surface area contributed by atoms with Gasteiger partial charge in [0, 0.05) is 79.7 Å². The van der Waals surface area contributed by atoms with E-state index in [1.165, 1.54) is 64.3 Å². The number of rotatable bonds is 11. The molecular formula is C118H77Br2Cl4N11S. The van der Waals surface area contributed by atoms with Gasteiger partial charge >= 0.3 is 0 Å². The average molecular weight is 1990 g/mol. The third-order valence-electron chi connectivity index (χ3n) is 22.4. The lowest BCUT2D eigenvalue weighted by Gasteiger charge is -2.09. The van der Waals surface area contributed by atoms with Crippen LogP contribution in [0.3, 0.4) is 0 Å². The molecule has 0 N–H and O–H groups in total. The van der Waals surface area contributed by atoms with E-state index in [1.807, 2.05) is 194 Å². The molecule has 0 radical (unpaired) electrons. The van der Waals surface area contributed by atoms with Gasteiger partial charge in [-0.3, -0.25) is 0 Å². The number of fused-ring (bicyclic) bond motifs is 8. The molecule has 6 aromatic heterocycles. The Morgan fingerprint density at radius 2 is 0.581 bits per heavy atom. The Kier molecular flexibility index (Phi) is 26.6. The van der Waals surface area contributed by atoms with E-state index in [0.29, 0.717) is 56.4 Å². The highest BCUT2D eigenvalue weighted by Gasteiger charge is 2.19. The fourth-order valence-corrected chi connectivity index (χ4v) is 18.5. The molecular weight excluding hydrogens is 1910 g/mol. The van der Waals surface area contributed by atoms with E-state index in [-0.39, 0.29) is 45.6 Å². The van der Waals surface area contributed by atoms with Crippen LogP contribution >= 0.6 is 89.6 Å². The molecule has 0 spiro atoms. The summed E-state index contributed by atoms with van der Waals surface area (Å²) in [6.45, 7) is 1.57. The zero-order valence-corrected chi connectivity index (χ0v) is 79.5. The number of hydrogen-bond donors (Lipinski definition) is 0. The van der Waals surface area contributed by atoms with Crippen LogP contribution in [0.1, 0.15) is 11.0 Å². The van der Waals surface area contributed by atoms with Crippen molar-refractivity contribution in [2.24, 2.45) is 0 Å². The number of hydrogen-bond acceptors (Lipinski definition) is 12. The smallest absolute Gasteiger partial charge is 0.226 e. The Balaban J connectivity index is 0.000000108. The standard InChI is InChI=1S/C23H14ClN3.C23H14ClNS.C21H14BrN3.C20H13ClN2.C16H11Br.C15H11ClN2/c24-23-26-21(19-13-5-9-15-7-1-3-11-17(15)19)25-22(27-23)20-14-6-10-16-8-2-4-12-18(16)20;24-21-14-19-18-8-4-5-9-20(18)26-23(19)22(25-21)17-12-10-16(11-13-17)15-6-2-1-3-7-15;22-18-13-7-12-17(14-18)21-24-19(15-8-3-1-4-9-15)23-20(25-21)16-10-5-2-6-11-16;21-20-22-18-9-5-4-8-17(18)19(23-20)16-12-10-15(11-13-16)14-6-2-1-3-7-14;17-16-7-3-6-14(11-16)15-9-8-12-4-1-2-5-13(12)10-15;1-10-6-8-11(9-7-10)14-12-4-2-3-5-13(12)17-15(16)18-14/h1-14H;1-14H;1-14H;1-13H;1-11H;2-9H,1H3/i;;;;;6D,7D,8D,9D. The molecule has 6 heterocycles. The van der Waals surface area contributed by atoms with Gasteiger partial charge in [0.25, 0.3) is 0 Å². The second-order valence-electron chi connectivity index (χ2n) is 31.3. The van der Waals surface area contributed by atoms with Gasteiger partial charge in [-0.2, -0.15) is 9.97 Å². The molecule has 0 amide bonds. The number of pyridine rings is 1. The Labute approximate surface area is 832 Å². The third kappa shape index (κ3) is 21.4. The van der Waals surface area contributed by atoms with Gasteiger partial charge in [0.2, 0.25) is 15.9 Å². The third-order valence-corrected chi connectivity index (χ3v) is 25.2. The van der Waals surface area contributed by atoms with Crippen LogP contribution in [0.4, 0.5) is 0 Å². The van der Waals surface area contributed by atoms with Crippen LogP contribution in [0.25, 0.3) is 198 Å². The van der Waals surface area contributed by atoms with Crippen molar-refractivity contribution in [1.82, 2.24) is 54.8 Å². The van der Waals surface area contributed by atoms with Gasteiger partial charge in [0.05, 0.1) is 38.3 Å². The van der Waals surface area contributed by atoms with Crippen molar-refractivity contribution in [1.29, 1.82) is 0 Å². The number of benzene rings is 18. The van der Waals surface area contributed by atoms with Crippen molar-refractivity contribution in [3.05, 3.63) is 484 Å². The van der Waals surface area contributed by atoms with Crippen molar-refractivity contribution in [3.8, 4) is 124 Å². The second-order valence-corrected chi connectivity index (χ2v) is 35.6. The maximum absolute atomic E-state index is 8.16. The first-order valence-corrected chi connectivity index (χ1v) is 47.3. The molecule has 652 valence electrons. The summed E-state index contributed by atoms with van der Waals surface area (Å²) >= 11 is 33.5. The quantitative estimate of drug-likeness (QED) is 0.0902. The summed E-state index contributed by atoms with van der Waals surface area (Å²) in [5, 5.41) is 12.1. The van der Waals surface area contributed by atoms with Crippen molar-refractivity contribution in [2.75, 3.05) is 0 Å². The van der Waals surface area contributed by atoms with Crippen molar-refractivity contribution < 1.29 is 5.48 Å². The zero-order chi connectivity index (χ0) is 96.1. The first-order valence-electron chi connectivity index (χ1n) is 45.4. The lowest BCUT2D eigenvalue weighted by atomic mass is 10.0. The van der Waals surface area contributed by atoms with Crippen molar-refractivity contribution in [2.45, 2.75) is 6.92 Å². The number of thiophene rings is 1. The minimum absolute atomic E-state index is 0.00568. The summed E-state index contributed by atoms with van der Waals surface area (Å²) in [5.41, 5.74) is 18.2. The van der Waals surface area contributed by atoms with Crippen LogP contribution in [0.2, 0.25) is 21.0 Å². The first kappa shape index (κ1) is 85.1. The van der Waals surface area contributed by atoms with Crippen molar-refractivity contribution >= 4 is 164 Å². The summed E-state index contributed by atoms with van der Waals surface area (Å²) in [7, 11) is 0. The highest BCUT2D eigenvalue weighted by molar-refractivity contribution is 9.10. The topological polar surface area (TPSA) is 142 Å². The summed E-state index contributed by atoms with van der Waals surface area (Å²) in [6.07, 6.45) is 0. The number of aromatic nitrogens is 11. The van der Waals surface area contributed by atoms with Gasteiger partial charge in [-0.25, -0.2) is 44.9 Å². The van der Waals surface area contributed by atoms with E-state index in [0.717, 1.165) is 91.7 Å². The number of halogens is 6. The van der Waals surface area contributed by atoms with E-state index < -0.39 is 0 Å². The summed E-state index contributed by atoms with van der Waals surface area (Å²) in [6, 6.07) is 143. The van der Waals surface area contributed by atoms with E-state index >= 15 is 0 Å². The van der Waals surface area contributed by atoms with Crippen LogP contribution in [0.15, 0.2) is 458 Å².